The zero-order valence-electron chi connectivity index (χ0n) is 11.4. The third-order valence-electron chi connectivity index (χ3n) is 3.20. The smallest absolute Gasteiger partial charge is 0.229 e. The highest BCUT2D eigenvalue weighted by Crippen LogP contribution is 2.32. The zero-order chi connectivity index (χ0) is 13.6. The summed E-state index contributed by atoms with van der Waals surface area (Å²) in [5.41, 5.74) is 1.92. The summed E-state index contributed by atoms with van der Waals surface area (Å²) >= 11 is 1.45. The monoisotopic (exact) mass is 275 g/mol. The van der Waals surface area contributed by atoms with Crippen LogP contribution in [0.2, 0.25) is 0 Å². The molecule has 1 fully saturated rings. The highest BCUT2D eigenvalue weighted by Gasteiger charge is 2.30. The molecule has 1 aliphatic carbocycles. The largest absolute Gasteiger partial charge is 0.302 e. The number of fused-ring (bicyclic) bond motifs is 1. The molecule has 1 aliphatic rings. The van der Waals surface area contributed by atoms with E-state index in [0.29, 0.717) is 5.13 Å². The first kappa shape index (κ1) is 12.5. The minimum Gasteiger partial charge on any atom is -0.302 e. The molecule has 0 saturated heterocycles. The van der Waals surface area contributed by atoms with Gasteiger partial charge in [0, 0.05) is 17.0 Å². The molecule has 5 heteroatoms. The van der Waals surface area contributed by atoms with E-state index in [9.17, 15) is 4.79 Å². The number of carbonyl (C=O) groups excluding carboxylic acids is 1. The van der Waals surface area contributed by atoms with Crippen molar-refractivity contribution >= 4 is 32.7 Å². The SMILES string of the molecule is CC(C)(C)c1ccc2nc(NC(=O)C3CC3)sc2n1. The van der Waals surface area contributed by atoms with Gasteiger partial charge in [-0.25, -0.2) is 9.97 Å². The van der Waals surface area contributed by atoms with Crippen LogP contribution in [0.25, 0.3) is 10.3 Å². The van der Waals surface area contributed by atoms with E-state index in [1.807, 2.05) is 12.1 Å². The van der Waals surface area contributed by atoms with Gasteiger partial charge in [0.05, 0.1) is 0 Å². The minimum absolute atomic E-state index is 0.0234. The first-order valence-corrected chi connectivity index (χ1v) is 7.34. The second-order valence-corrected chi connectivity index (χ2v) is 7.03. The Morgan fingerprint density at radius 1 is 1.32 bits per heavy atom. The van der Waals surface area contributed by atoms with Gasteiger partial charge >= 0.3 is 0 Å². The van der Waals surface area contributed by atoms with E-state index in [2.05, 4.69) is 36.1 Å². The third kappa shape index (κ3) is 2.61. The summed E-state index contributed by atoms with van der Waals surface area (Å²) in [6, 6.07) is 3.99. The summed E-state index contributed by atoms with van der Waals surface area (Å²) in [5, 5.41) is 3.54. The fourth-order valence-electron chi connectivity index (χ4n) is 1.84. The Labute approximate surface area is 116 Å². The fourth-order valence-corrected chi connectivity index (χ4v) is 2.68. The maximum Gasteiger partial charge on any atom is 0.229 e. The van der Waals surface area contributed by atoms with Crippen molar-refractivity contribution in [3.63, 3.8) is 0 Å². The molecule has 2 heterocycles. The van der Waals surface area contributed by atoms with Gasteiger partial charge in [-0.1, -0.05) is 32.1 Å². The van der Waals surface area contributed by atoms with E-state index in [0.717, 1.165) is 28.9 Å². The molecule has 1 N–H and O–H groups in total. The number of aromatic nitrogens is 2. The molecule has 2 aromatic heterocycles. The number of carbonyl (C=O) groups is 1. The summed E-state index contributed by atoms with van der Waals surface area (Å²) in [4.78, 5) is 21.7. The van der Waals surface area contributed by atoms with Crippen LogP contribution in [-0.2, 0) is 10.2 Å². The van der Waals surface area contributed by atoms with Gasteiger partial charge < -0.3 is 5.32 Å². The second-order valence-electron chi connectivity index (χ2n) is 6.05. The molecule has 19 heavy (non-hydrogen) atoms. The molecular weight excluding hydrogens is 258 g/mol. The first-order valence-electron chi connectivity index (χ1n) is 6.52. The maximum atomic E-state index is 11.7. The van der Waals surface area contributed by atoms with Crippen molar-refractivity contribution in [2.75, 3.05) is 5.32 Å². The first-order chi connectivity index (χ1) is 8.93. The van der Waals surface area contributed by atoms with E-state index in [1.165, 1.54) is 11.3 Å². The lowest BCUT2D eigenvalue weighted by Gasteiger charge is -2.16. The van der Waals surface area contributed by atoms with E-state index < -0.39 is 0 Å². The molecule has 1 amide bonds. The molecule has 0 aromatic carbocycles. The molecule has 1 saturated carbocycles. The second kappa shape index (κ2) is 4.27. The maximum absolute atomic E-state index is 11.7. The van der Waals surface area contributed by atoms with Gasteiger partial charge in [0.15, 0.2) is 5.13 Å². The number of hydrogen-bond donors (Lipinski definition) is 1. The standard InChI is InChI=1S/C14H17N3OS/c1-14(2,3)10-7-6-9-12(16-10)19-13(15-9)17-11(18)8-4-5-8/h6-8H,4-5H2,1-3H3,(H,15,17,18). The molecule has 0 radical (unpaired) electrons. The van der Waals surface area contributed by atoms with Crippen LogP contribution >= 0.6 is 11.3 Å². The number of nitrogens with zero attached hydrogens (tertiary/aromatic N) is 2. The predicted molar refractivity (Wildman–Crippen MR) is 77.5 cm³/mol. The summed E-state index contributed by atoms with van der Waals surface area (Å²) in [5.74, 6) is 0.292. The Morgan fingerprint density at radius 3 is 2.68 bits per heavy atom. The van der Waals surface area contributed by atoms with Crippen molar-refractivity contribution in [2.45, 2.75) is 39.0 Å². The number of rotatable bonds is 2. The highest BCUT2D eigenvalue weighted by atomic mass is 32.1. The van der Waals surface area contributed by atoms with Crippen LogP contribution in [0.15, 0.2) is 12.1 Å². The molecule has 0 unspecified atom stereocenters. The Hall–Kier alpha value is -1.49. The number of pyridine rings is 1. The number of hydrogen-bond acceptors (Lipinski definition) is 4. The average molecular weight is 275 g/mol. The van der Waals surface area contributed by atoms with E-state index in [-0.39, 0.29) is 17.2 Å². The molecule has 100 valence electrons. The Bertz CT molecular complexity index is 638. The summed E-state index contributed by atoms with van der Waals surface area (Å²) in [6.07, 6.45) is 2.01. The lowest BCUT2D eigenvalue weighted by atomic mass is 9.92. The molecule has 0 spiro atoms. The number of nitrogens with one attached hydrogen (secondary N) is 1. The Balaban J connectivity index is 1.89. The lowest BCUT2D eigenvalue weighted by Crippen LogP contribution is -2.12. The average Bonchev–Trinajstić information content (AvgIpc) is 3.08. The quantitative estimate of drug-likeness (QED) is 0.914. The summed E-state index contributed by atoms with van der Waals surface area (Å²) in [7, 11) is 0. The van der Waals surface area contributed by atoms with Gasteiger partial charge in [-0.15, -0.1) is 0 Å². The van der Waals surface area contributed by atoms with Crippen molar-refractivity contribution < 1.29 is 4.79 Å². The van der Waals surface area contributed by atoms with Crippen LogP contribution in [0.5, 0.6) is 0 Å². The lowest BCUT2D eigenvalue weighted by molar-refractivity contribution is -0.117. The highest BCUT2D eigenvalue weighted by molar-refractivity contribution is 7.21. The molecule has 2 aromatic rings. The number of anilines is 1. The fraction of sp³-hybridized carbons (Fsp3) is 0.500. The van der Waals surface area contributed by atoms with Gasteiger partial charge in [-0.05, 0) is 25.0 Å². The van der Waals surface area contributed by atoms with Crippen LogP contribution < -0.4 is 5.32 Å². The number of amides is 1. The minimum atomic E-state index is 0.0234. The van der Waals surface area contributed by atoms with Crippen LogP contribution in [0.1, 0.15) is 39.3 Å². The molecule has 0 atom stereocenters. The van der Waals surface area contributed by atoms with Gasteiger partial charge in [-0.2, -0.15) is 0 Å². The van der Waals surface area contributed by atoms with E-state index in [4.69, 9.17) is 0 Å². The van der Waals surface area contributed by atoms with Crippen LogP contribution in [0.4, 0.5) is 5.13 Å². The zero-order valence-corrected chi connectivity index (χ0v) is 12.2. The van der Waals surface area contributed by atoms with Crippen molar-refractivity contribution in [1.29, 1.82) is 0 Å². The number of thiazole rings is 1. The molecule has 4 nitrogen and oxygen atoms in total. The molecule has 3 rings (SSSR count). The van der Waals surface area contributed by atoms with Crippen LogP contribution in [0.3, 0.4) is 0 Å². The van der Waals surface area contributed by atoms with E-state index >= 15 is 0 Å². The van der Waals surface area contributed by atoms with Crippen molar-refractivity contribution in [3.05, 3.63) is 17.8 Å². The van der Waals surface area contributed by atoms with E-state index in [1.54, 1.807) is 0 Å². The summed E-state index contributed by atoms with van der Waals surface area (Å²) < 4.78 is 0. The normalized spacial score (nSPS) is 15.7. The van der Waals surface area contributed by atoms with Crippen molar-refractivity contribution in [1.82, 2.24) is 9.97 Å². The third-order valence-corrected chi connectivity index (χ3v) is 4.08. The Kier molecular flexibility index (Phi) is 2.82. The van der Waals surface area contributed by atoms with Crippen molar-refractivity contribution in [2.24, 2.45) is 5.92 Å². The van der Waals surface area contributed by atoms with Gasteiger partial charge in [0.1, 0.15) is 10.3 Å². The molecule has 0 aliphatic heterocycles. The van der Waals surface area contributed by atoms with Crippen LogP contribution in [-0.4, -0.2) is 15.9 Å². The molecule has 0 bridgehead atoms. The predicted octanol–water partition coefficient (Wildman–Crippen LogP) is 3.34. The van der Waals surface area contributed by atoms with Crippen LogP contribution in [0, 0.1) is 5.92 Å². The van der Waals surface area contributed by atoms with Gasteiger partial charge in [0.2, 0.25) is 5.91 Å². The Morgan fingerprint density at radius 2 is 2.05 bits per heavy atom. The summed E-state index contributed by atoms with van der Waals surface area (Å²) in [6.45, 7) is 6.41. The van der Waals surface area contributed by atoms with Gasteiger partial charge in [0.25, 0.3) is 0 Å². The molecular formula is C14H17N3OS. The topological polar surface area (TPSA) is 54.9 Å². The van der Waals surface area contributed by atoms with Crippen molar-refractivity contribution in [3.8, 4) is 0 Å². The van der Waals surface area contributed by atoms with Gasteiger partial charge in [-0.3, -0.25) is 4.79 Å².